The van der Waals surface area contributed by atoms with Crippen LogP contribution in [0.1, 0.15) is 24.2 Å². The fourth-order valence-electron chi connectivity index (χ4n) is 3.02. The van der Waals surface area contributed by atoms with Crippen molar-refractivity contribution in [2.24, 2.45) is 0 Å². The standard InChI is InChI=1S/C21H17ClN2O6S/c1-12(2)23(19(25)15-9-8-14(22)10-16(15)24(28)29)17-11-18(13-6-4-3-5-7-13)31-20(17)30-21(26)27/h3-12H,1-2H3,(H,26,27). The van der Waals surface area contributed by atoms with Gasteiger partial charge in [0.15, 0.2) is 0 Å². The number of rotatable bonds is 6. The van der Waals surface area contributed by atoms with Crippen molar-refractivity contribution in [1.29, 1.82) is 0 Å². The lowest BCUT2D eigenvalue weighted by Crippen LogP contribution is -2.37. The Hall–Kier alpha value is -3.43. The van der Waals surface area contributed by atoms with Crippen molar-refractivity contribution in [2.75, 3.05) is 4.90 Å². The molecule has 8 nitrogen and oxygen atoms in total. The van der Waals surface area contributed by atoms with Gasteiger partial charge in [0.2, 0.25) is 5.06 Å². The molecule has 0 saturated heterocycles. The number of anilines is 1. The maximum Gasteiger partial charge on any atom is 0.512 e. The Morgan fingerprint density at radius 1 is 1.16 bits per heavy atom. The number of nitro benzene ring substituents is 1. The number of nitro groups is 1. The van der Waals surface area contributed by atoms with Gasteiger partial charge in [0.05, 0.1) is 10.6 Å². The first-order valence-electron chi connectivity index (χ1n) is 9.06. The van der Waals surface area contributed by atoms with Crippen LogP contribution in [0.4, 0.5) is 16.2 Å². The minimum atomic E-state index is -1.53. The summed E-state index contributed by atoms with van der Waals surface area (Å²) in [6.45, 7) is 3.42. The maximum absolute atomic E-state index is 13.4. The molecule has 0 atom stereocenters. The van der Waals surface area contributed by atoms with Crippen LogP contribution in [-0.2, 0) is 0 Å². The predicted octanol–water partition coefficient (Wildman–Crippen LogP) is 6.09. The van der Waals surface area contributed by atoms with Crippen molar-refractivity contribution < 1.29 is 24.4 Å². The molecule has 0 bridgehead atoms. The molecule has 31 heavy (non-hydrogen) atoms. The van der Waals surface area contributed by atoms with Gasteiger partial charge in [-0.2, -0.15) is 0 Å². The van der Waals surface area contributed by atoms with E-state index in [-0.39, 0.29) is 21.3 Å². The molecule has 1 aromatic heterocycles. The summed E-state index contributed by atoms with van der Waals surface area (Å²) in [5, 5.41) is 20.8. The zero-order valence-corrected chi connectivity index (χ0v) is 18.0. The molecule has 1 amide bonds. The van der Waals surface area contributed by atoms with Gasteiger partial charge in [-0.25, -0.2) is 4.79 Å². The number of carbonyl (C=O) groups excluding carboxylic acids is 1. The van der Waals surface area contributed by atoms with Gasteiger partial charge in [0.1, 0.15) is 5.56 Å². The molecule has 2 aromatic carbocycles. The van der Waals surface area contributed by atoms with Crippen molar-refractivity contribution >= 4 is 46.4 Å². The number of benzene rings is 2. The number of hydrogen-bond acceptors (Lipinski definition) is 6. The zero-order valence-electron chi connectivity index (χ0n) is 16.4. The van der Waals surface area contributed by atoms with Gasteiger partial charge in [-0.15, -0.1) is 0 Å². The lowest BCUT2D eigenvalue weighted by Gasteiger charge is -2.26. The quantitative estimate of drug-likeness (QED) is 0.271. The number of hydrogen-bond donors (Lipinski definition) is 1. The summed E-state index contributed by atoms with van der Waals surface area (Å²) in [6, 6.07) is 14.1. The molecule has 0 spiro atoms. The topological polar surface area (TPSA) is 110 Å². The van der Waals surface area contributed by atoms with Gasteiger partial charge in [0.25, 0.3) is 11.6 Å². The van der Waals surface area contributed by atoms with Gasteiger partial charge in [-0.05, 0) is 37.6 Å². The Labute approximate surface area is 186 Å². The van der Waals surface area contributed by atoms with Gasteiger partial charge in [-0.3, -0.25) is 14.9 Å². The number of halogens is 1. The molecule has 0 fully saturated rings. The summed E-state index contributed by atoms with van der Waals surface area (Å²) in [5.41, 5.74) is 0.400. The summed E-state index contributed by atoms with van der Waals surface area (Å²) in [5.74, 6) is -0.675. The van der Waals surface area contributed by atoms with E-state index in [2.05, 4.69) is 0 Å². The largest absolute Gasteiger partial charge is 0.512 e. The molecule has 0 saturated carbocycles. The SMILES string of the molecule is CC(C)N(C(=O)c1ccc(Cl)cc1[N+](=O)[O-])c1cc(-c2ccccc2)sc1OC(=O)O. The highest BCUT2D eigenvalue weighted by Gasteiger charge is 2.31. The van der Waals surface area contributed by atoms with Crippen molar-refractivity contribution in [3.63, 3.8) is 0 Å². The van der Waals surface area contributed by atoms with E-state index in [0.717, 1.165) is 23.0 Å². The summed E-state index contributed by atoms with van der Waals surface area (Å²) in [4.78, 5) is 37.4. The number of ether oxygens (including phenoxy) is 1. The molecule has 10 heteroatoms. The molecule has 0 aliphatic carbocycles. The van der Waals surface area contributed by atoms with Crippen LogP contribution in [0, 0.1) is 10.1 Å². The van der Waals surface area contributed by atoms with Crippen LogP contribution in [0.5, 0.6) is 5.06 Å². The Bertz CT molecular complexity index is 1150. The second-order valence-electron chi connectivity index (χ2n) is 6.70. The fraction of sp³-hybridized carbons (Fsp3) is 0.143. The Morgan fingerprint density at radius 2 is 1.84 bits per heavy atom. The summed E-state index contributed by atoms with van der Waals surface area (Å²) >= 11 is 6.93. The monoisotopic (exact) mass is 460 g/mol. The molecule has 1 N–H and O–H groups in total. The maximum atomic E-state index is 13.4. The van der Waals surface area contributed by atoms with Gasteiger partial charge in [-0.1, -0.05) is 53.3 Å². The number of nitrogens with zero attached hydrogens (tertiary/aromatic N) is 2. The first kappa shape index (κ1) is 22.3. The molecule has 160 valence electrons. The van der Waals surface area contributed by atoms with E-state index in [1.807, 2.05) is 30.3 Å². The zero-order chi connectivity index (χ0) is 22.7. The predicted molar refractivity (Wildman–Crippen MR) is 118 cm³/mol. The summed E-state index contributed by atoms with van der Waals surface area (Å²) < 4.78 is 4.95. The number of carbonyl (C=O) groups is 2. The Morgan fingerprint density at radius 3 is 2.42 bits per heavy atom. The molecular formula is C21H17ClN2O6S. The molecule has 0 aliphatic heterocycles. The lowest BCUT2D eigenvalue weighted by atomic mass is 10.1. The highest BCUT2D eigenvalue weighted by molar-refractivity contribution is 7.18. The van der Waals surface area contributed by atoms with Crippen molar-refractivity contribution in [2.45, 2.75) is 19.9 Å². The number of carboxylic acid groups (broad SMARTS) is 1. The van der Waals surface area contributed by atoms with Crippen molar-refractivity contribution in [1.82, 2.24) is 0 Å². The lowest BCUT2D eigenvalue weighted by molar-refractivity contribution is -0.385. The first-order valence-corrected chi connectivity index (χ1v) is 10.3. The van der Waals surface area contributed by atoms with Crippen LogP contribution >= 0.6 is 22.9 Å². The van der Waals surface area contributed by atoms with Crippen molar-refractivity contribution in [3.8, 4) is 15.5 Å². The van der Waals surface area contributed by atoms with E-state index in [1.165, 1.54) is 17.0 Å². The van der Waals surface area contributed by atoms with E-state index in [9.17, 15) is 24.8 Å². The van der Waals surface area contributed by atoms with Crippen LogP contribution < -0.4 is 9.64 Å². The average molecular weight is 461 g/mol. The third kappa shape index (κ3) is 4.84. The van der Waals surface area contributed by atoms with E-state index in [0.29, 0.717) is 4.88 Å². The Kier molecular flexibility index (Phi) is 6.57. The number of amides is 1. The molecule has 1 heterocycles. The molecule has 3 rings (SSSR count). The van der Waals surface area contributed by atoms with Gasteiger partial charge < -0.3 is 14.7 Å². The molecule has 3 aromatic rings. The second-order valence-corrected chi connectivity index (χ2v) is 8.16. The summed E-state index contributed by atoms with van der Waals surface area (Å²) in [7, 11) is 0. The van der Waals surface area contributed by atoms with Crippen LogP contribution in [0.2, 0.25) is 5.02 Å². The summed E-state index contributed by atoms with van der Waals surface area (Å²) in [6.07, 6.45) is -1.53. The normalized spacial score (nSPS) is 10.7. The highest BCUT2D eigenvalue weighted by atomic mass is 35.5. The van der Waals surface area contributed by atoms with E-state index >= 15 is 0 Å². The van der Waals surface area contributed by atoms with Crippen LogP contribution in [0.3, 0.4) is 0 Å². The van der Waals surface area contributed by atoms with Crippen LogP contribution in [-0.4, -0.2) is 28.1 Å². The second kappa shape index (κ2) is 9.15. The van der Waals surface area contributed by atoms with E-state index in [1.54, 1.807) is 19.9 Å². The number of thiophene rings is 1. The minimum absolute atomic E-state index is 0.00924. The molecule has 0 unspecified atom stereocenters. The smallest absolute Gasteiger partial charge is 0.449 e. The van der Waals surface area contributed by atoms with E-state index in [4.69, 9.17) is 16.3 Å². The molecule has 0 radical (unpaired) electrons. The molecular weight excluding hydrogens is 444 g/mol. The van der Waals surface area contributed by atoms with E-state index < -0.39 is 28.7 Å². The third-order valence-corrected chi connectivity index (χ3v) is 5.59. The van der Waals surface area contributed by atoms with Crippen molar-refractivity contribution in [3.05, 3.63) is 75.3 Å². The third-order valence-electron chi connectivity index (χ3n) is 4.30. The Balaban J connectivity index is 2.15. The molecule has 0 aliphatic rings. The minimum Gasteiger partial charge on any atom is -0.449 e. The fourth-order valence-corrected chi connectivity index (χ4v) is 4.18. The van der Waals surface area contributed by atoms with Gasteiger partial charge >= 0.3 is 6.16 Å². The average Bonchev–Trinajstić information content (AvgIpc) is 3.10. The first-order chi connectivity index (χ1) is 14.7. The van der Waals surface area contributed by atoms with Crippen LogP contribution in [0.25, 0.3) is 10.4 Å². The van der Waals surface area contributed by atoms with Gasteiger partial charge in [0, 0.05) is 22.0 Å². The van der Waals surface area contributed by atoms with Crippen LogP contribution in [0.15, 0.2) is 54.6 Å². The highest BCUT2D eigenvalue weighted by Crippen LogP contribution is 2.44.